The van der Waals surface area contributed by atoms with E-state index in [4.69, 9.17) is 0 Å². The molecule has 8 heteroatoms. The molecule has 1 aromatic carbocycles. The Bertz CT molecular complexity index is 1030. The topological polar surface area (TPSA) is 81.8 Å². The highest BCUT2D eigenvalue weighted by Gasteiger charge is 2.18. The molecule has 7 nitrogen and oxygen atoms in total. The van der Waals surface area contributed by atoms with Gasteiger partial charge in [0.25, 0.3) is 5.56 Å². The highest BCUT2D eigenvalue weighted by molar-refractivity contribution is 7.99. The Morgan fingerprint density at radius 2 is 1.93 bits per heavy atom. The largest absolute Gasteiger partial charge is 0.355 e. The average Bonchev–Trinajstić information content (AvgIpc) is 3.03. The Morgan fingerprint density at radius 1 is 1.18 bits per heavy atom. The number of nitrogens with one attached hydrogen (secondary N) is 1. The van der Waals surface area contributed by atoms with Crippen molar-refractivity contribution in [2.75, 3.05) is 12.3 Å². The Hall–Kier alpha value is -2.61. The molecule has 0 radical (unpaired) electrons. The average molecular weight is 400 g/mol. The van der Waals surface area contributed by atoms with Crippen LogP contribution in [0.15, 0.2) is 40.3 Å². The number of rotatable bonds is 8. The van der Waals surface area contributed by atoms with Gasteiger partial charge in [-0.25, -0.2) is 4.98 Å². The lowest BCUT2D eigenvalue weighted by Crippen LogP contribution is -2.28. The zero-order chi connectivity index (χ0) is 20.1. The highest BCUT2D eigenvalue weighted by atomic mass is 32.2. The van der Waals surface area contributed by atoms with Gasteiger partial charge in [-0.15, -0.1) is 0 Å². The minimum atomic E-state index is -0.109. The number of aromatic nitrogens is 4. The molecule has 2 aromatic heterocycles. The molecule has 3 aromatic rings. The van der Waals surface area contributed by atoms with E-state index in [2.05, 4.69) is 15.4 Å². The minimum Gasteiger partial charge on any atom is -0.355 e. The van der Waals surface area contributed by atoms with Gasteiger partial charge >= 0.3 is 0 Å². The summed E-state index contributed by atoms with van der Waals surface area (Å²) in [4.78, 5) is 29.7. The molecule has 0 aliphatic carbocycles. The van der Waals surface area contributed by atoms with Gasteiger partial charge in [-0.2, -0.15) is 5.10 Å². The molecule has 2 heterocycles. The van der Waals surface area contributed by atoms with E-state index in [1.165, 1.54) is 17.3 Å². The SMILES string of the molecule is CCn1c(SCC(=O)NCCc2ccccc2)nc2c(C)nn(CC)c2c1=O. The molecular weight excluding hydrogens is 374 g/mol. The first-order valence-electron chi connectivity index (χ1n) is 9.46. The lowest BCUT2D eigenvalue weighted by Gasteiger charge is -2.10. The van der Waals surface area contributed by atoms with Crippen LogP contribution in [-0.4, -0.2) is 37.5 Å². The van der Waals surface area contributed by atoms with Gasteiger partial charge in [-0.05, 0) is 32.8 Å². The molecule has 1 amide bonds. The second kappa shape index (κ2) is 9.05. The van der Waals surface area contributed by atoms with Gasteiger partial charge in [0, 0.05) is 19.6 Å². The molecule has 0 aliphatic heterocycles. The highest BCUT2D eigenvalue weighted by Crippen LogP contribution is 2.19. The van der Waals surface area contributed by atoms with Crippen LogP contribution in [0.3, 0.4) is 0 Å². The molecule has 148 valence electrons. The summed E-state index contributed by atoms with van der Waals surface area (Å²) in [5.41, 5.74) is 2.95. The van der Waals surface area contributed by atoms with E-state index < -0.39 is 0 Å². The predicted octanol–water partition coefficient (Wildman–Crippen LogP) is 2.39. The quantitative estimate of drug-likeness (QED) is 0.465. The Balaban J connectivity index is 1.69. The van der Waals surface area contributed by atoms with Gasteiger partial charge < -0.3 is 5.32 Å². The third-order valence-electron chi connectivity index (χ3n) is 4.51. The van der Waals surface area contributed by atoms with Crippen LogP contribution in [0.4, 0.5) is 0 Å². The summed E-state index contributed by atoms with van der Waals surface area (Å²) in [6, 6.07) is 10.0. The summed E-state index contributed by atoms with van der Waals surface area (Å²) >= 11 is 1.28. The first-order valence-corrected chi connectivity index (χ1v) is 10.4. The number of benzene rings is 1. The maximum atomic E-state index is 12.9. The number of carbonyl (C=O) groups is 1. The van der Waals surface area contributed by atoms with Gasteiger partial charge in [0.05, 0.1) is 11.4 Å². The first kappa shape index (κ1) is 20.1. The van der Waals surface area contributed by atoms with Crippen LogP contribution >= 0.6 is 11.8 Å². The fourth-order valence-corrected chi connectivity index (χ4v) is 3.96. The molecule has 28 heavy (non-hydrogen) atoms. The van der Waals surface area contributed by atoms with Crippen LogP contribution in [0.5, 0.6) is 0 Å². The number of hydrogen-bond acceptors (Lipinski definition) is 5. The number of carbonyl (C=O) groups excluding carboxylic acids is 1. The van der Waals surface area contributed by atoms with Gasteiger partial charge in [0.1, 0.15) is 5.52 Å². The Kier molecular flexibility index (Phi) is 6.51. The molecule has 3 rings (SSSR count). The number of fused-ring (bicyclic) bond motifs is 1. The predicted molar refractivity (Wildman–Crippen MR) is 112 cm³/mol. The fraction of sp³-hybridized carbons (Fsp3) is 0.400. The monoisotopic (exact) mass is 399 g/mol. The molecule has 0 bridgehead atoms. The van der Waals surface area contributed by atoms with Crippen molar-refractivity contribution in [2.45, 2.75) is 45.4 Å². The van der Waals surface area contributed by atoms with Crippen molar-refractivity contribution in [1.29, 1.82) is 0 Å². The third kappa shape index (κ3) is 4.27. The van der Waals surface area contributed by atoms with Crippen LogP contribution in [0.1, 0.15) is 25.1 Å². The maximum Gasteiger partial charge on any atom is 0.280 e. The van der Waals surface area contributed by atoms with Crippen LogP contribution in [-0.2, 0) is 24.3 Å². The number of hydrogen-bond donors (Lipinski definition) is 1. The number of aryl methyl sites for hydroxylation is 2. The summed E-state index contributed by atoms with van der Waals surface area (Å²) in [5, 5.41) is 7.88. The standard InChI is InChI=1S/C20H25N5O2S/c1-4-24-19(27)18-17(14(3)23-25(18)5-2)22-20(24)28-13-16(26)21-12-11-15-9-7-6-8-10-15/h6-10H,4-5,11-13H2,1-3H3,(H,21,26). The molecular formula is C20H25N5O2S. The third-order valence-corrected chi connectivity index (χ3v) is 5.49. The van der Waals surface area contributed by atoms with Crippen LogP contribution < -0.4 is 10.9 Å². The minimum absolute atomic E-state index is 0.0705. The van der Waals surface area contributed by atoms with E-state index in [1.54, 1.807) is 9.25 Å². The Morgan fingerprint density at radius 3 is 2.61 bits per heavy atom. The van der Waals surface area contributed by atoms with E-state index in [9.17, 15) is 9.59 Å². The molecule has 1 N–H and O–H groups in total. The molecule has 0 spiro atoms. The van der Waals surface area contributed by atoms with Gasteiger partial charge in [0.2, 0.25) is 5.91 Å². The van der Waals surface area contributed by atoms with Crippen molar-refractivity contribution in [3.8, 4) is 0 Å². The van der Waals surface area contributed by atoms with E-state index in [0.29, 0.717) is 35.8 Å². The van der Waals surface area contributed by atoms with Crippen LogP contribution in [0.25, 0.3) is 11.0 Å². The molecule has 0 aliphatic rings. The van der Waals surface area contributed by atoms with E-state index in [0.717, 1.165) is 12.1 Å². The lowest BCUT2D eigenvalue weighted by molar-refractivity contribution is -0.118. The normalized spacial score (nSPS) is 11.1. The summed E-state index contributed by atoms with van der Waals surface area (Å²) in [7, 11) is 0. The zero-order valence-corrected chi connectivity index (χ0v) is 17.3. The molecule has 0 fully saturated rings. The zero-order valence-electron chi connectivity index (χ0n) is 16.4. The molecule has 0 atom stereocenters. The second-order valence-electron chi connectivity index (χ2n) is 6.42. The maximum absolute atomic E-state index is 12.9. The van der Waals surface area contributed by atoms with Crippen molar-refractivity contribution >= 4 is 28.7 Å². The van der Waals surface area contributed by atoms with Crippen molar-refractivity contribution in [1.82, 2.24) is 24.6 Å². The number of nitrogens with zero attached hydrogens (tertiary/aromatic N) is 4. The fourth-order valence-electron chi connectivity index (χ4n) is 3.08. The number of thioether (sulfide) groups is 1. The van der Waals surface area contributed by atoms with E-state index in [1.807, 2.05) is 51.1 Å². The van der Waals surface area contributed by atoms with Crippen LogP contribution in [0, 0.1) is 6.92 Å². The molecule has 0 saturated carbocycles. The second-order valence-corrected chi connectivity index (χ2v) is 7.36. The van der Waals surface area contributed by atoms with E-state index >= 15 is 0 Å². The summed E-state index contributed by atoms with van der Waals surface area (Å²) in [6.07, 6.45) is 0.788. The van der Waals surface area contributed by atoms with Gasteiger partial charge in [0.15, 0.2) is 10.7 Å². The van der Waals surface area contributed by atoms with Crippen molar-refractivity contribution < 1.29 is 4.79 Å². The molecule has 0 saturated heterocycles. The van der Waals surface area contributed by atoms with Gasteiger partial charge in [-0.3, -0.25) is 18.8 Å². The Labute approximate surface area is 168 Å². The smallest absolute Gasteiger partial charge is 0.280 e. The summed E-state index contributed by atoms with van der Waals surface area (Å²) in [6.45, 7) is 7.39. The number of amides is 1. The van der Waals surface area contributed by atoms with Crippen molar-refractivity contribution in [3.63, 3.8) is 0 Å². The van der Waals surface area contributed by atoms with Crippen molar-refractivity contribution in [2.24, 2.45) is 0 Å². The van der Waals surface area contributed by atoms with Crippen molar-refractivity contribution in [3.05, 3.63) is 51.9 Å². The lowest BCUT2D eigenvalue weighted by atomic mass is 10.1. The van der Waals surface area contributed by atoms with Gasteiger partial charge in [-0.1, -0.05) is 42.1 Å². The van der Waals surface area contributed by atoms with E-state index in [-0.39, 0.29) is 17.2 Å². The first-order chi connectivity index (χ1) is 13.5. The molecule has 0 unspecified atom stereocenters. The summed E-state index contributed by atoms with van der Waals surface area (Å²) in [5.74, 6) is 0.146. The summed E-state index contributed by atoms with van der Waals surface area (Å²) < 4.78 is 3.30. The van der Waals surface area contributed by atoms with Crippen LogP contribution in [0.2, 0.25) is 0 Å².